The van der Waals surface area contributed by atoms with Crippen LogP contribution < -0.4 is 11.1 Å². The number of carbonyl (C=O) groups excluding carboxylic acids is 1. The fourth-order valence-corrected chi connectivity index (χ4v) is 1.76. The van der Waals surface area contributed by atoms with Crippen molar-refractivity contribution in [1.29, 1.82) is 0 Å². The molecular formula is C11H12N4OS. The van der Waals surface area contributed by atoms with Crippen molar-refractivity contribution in [2.24, 2.45) is 5.73 Å². The predicted octanol–water partition coefficient (Wildman–Crippen LogP) is 0.927. The van der Waals surface area contributed by atoms with Crippen molar-refractivity contribution in [3.8, 4) is 0 Å². The van der Waals surface area contributed by atoms with Gasteiger partial charge in [-0.1, -0.05) is 28.8 Å². The van der Waals surface area contributed by atoms with E-state index in [-0.39, 0.29) is 5.91 Å². The first-order valence-corrected chi connectivity index (χ1v) is 5.90. The summed E-state index contributed by atoms with van der Waals surface area (Å²) in [7, 11) is 0. The van der Waals surface area contributed by atoms with Gasteiger partial charge < -0.3 is 11.1 Å². The van der Waals surface area contributed by atoms with E-state index >= 15 is 0 Å². The maximum atomic E-state index is 11.6. The lowest BCUT2D eigenvalue weighted by Gasteiger charge is -2.04. The van der Waals surface area contributed by atoms with Gasteiger partial charge in [0.05, 0.1) is 6.20 Å². The normalized spacial score (nSPS) is 10.2. The van der Waals surface area contributed by atoms with Gasteiger partial charge in [-0.05, 0) is 22.7 Å². The second-order valence-electron chi connectivity index (χ2n) is 3.49. The lowest BCUT2D eigenvalue weighted by Crippen LogP contribution is -2.21. The highest BCUT2D eigenvalue weighted by atomic mass is 32.1. The third-order valence-electron chi connectivity index (χ3n) is 2.30. The van der Waals surface area contributed by atoms with Crippen molar-refractivity contribution >= 4 is 17.4 Å². The minimum atomic E-state index is -0.150. The molecule has 17 heavy (non-hydrogen) atoms. The molecule has 0 bridgehead atoms. The molecule has 5 nitrogen and oxygen atoms in total. The van der Waals surface area contributed by atoms with Crippen LogP contribution in [0.4, 0.5) is 0 Å². The molecule has 3 N–H and O–H groups in total. The quantitative estimate of drug-likeness (QED) is 0.843. The summed E-state index contributed by atoms with van der Waals surface area (Å²) in [6.07, 6.45) is 1.46. The van der Waals surface area contributed by atoms with Crippen LogP contribution in [0.3, 0.4) is 0 Å². The Balaban J connectivity index is 1.91. The zero-order valence-corrected chi connectivity index (χ0v) is 9.91. The molecule has 0 aliphatic carbocycles. The highest BCUT2D eigenvalue weighted by molar-refractivity contribution is 7.07. The van der Waals surface area contributed by atoms with Crippen LogP contribution in [0.15, 0.2) is 30.5 Å². The Morgan fingerprint density at radius 3 is 2.59 bits per heavy atom. The number of nitrogens with one attached hydrogen (secondary N) is 1. The summed E-state index contributed by atoms with van der Waals surface area (Å²) in [5, 5.41) is 6.41. The van der Waals surface area contributed by atoms with Crippen molar-refractivity contribution in [2.75, 3.05) is 0 Å². The van der Waals surface area contributed by atoms with Crippen LogP contribution in [0.5, 0.6) is 0 Å². The third kappa shape index (κ3) is 3.08. The van der Waals surface area contributed by atoms with Crippen LogP contribution in [-0.2, 0) is 13.1 Å². The first-order valence-electron chi connectivity index (χ1n) is 5.13. The molecule has 0 unspecified atom stereocenters. The van der Waals surface area contributed by atoms with Crippen LogP contribution in [0.1, 0.15) is 20.8 Å². The fourth-order valence-electron chi connectivity index (χ4n) is 1.33. The average Bonchev–Trinajstić information content (AvgIpc) is 2.90. The Kier molecular flexibility index (Phi) is 3.79. The Morgan fingerprint density at radius 2 is 2.00 bits per heavy atom. The Bertz CT molecular complexity index is 481. The Labute approximate surface area is 103 Å². The fraction of sp³-hybridized carbons (Fsp3) is 0.182. The average molecular weight is 248 g/mol. The van der Waals surface area contributed by atoms with Crippen LogP contribution in [-0.4, -0.2) is 15.5 Å². The van der Waals surface area contributed by atoms with E-state index in [1.807, 2.05) is 24.3 Å². The minimum Gasteiger partial charge on any atom is -0.347 e. The van der Waals surface area contributed by atoms with Crippen molar-refractivity contribution in [1.82, 2.24) is 14.9 Å². The molecule has 0 saturated heterocycles. The molecule has 0 atom stereocenters. The van der Waals surface area contributed by atoms with E-state index in [9.17, 15) is 4.79 Å². The van der Waals surface area contributed by atoms with E-state index in [0.717, 1.165) is 22.7 Å². The van der Waals surface area contributed by atoms with Gasteiger partial charge in [0.15, 0.2) is 0 Å². The predicted molar refractivity (Wildman–Crippen MR) is 65.4 cm³/mol. The van der Waals surface area contributed by atoms with Gasteiger partial charge in [-0.2, -0.15) is 0 Å². The number of carbonyl (C=O) groups is 1. The Morgan fingerprint density at radius 1 is 1.29 bits per heavy atom. The van der Waals surface area contributed by atoms with Gasteiger partial charge in [0.25, 0.3) is 5.91 Å². The van der Waals surface area contributed by atoms with Gasteiger partial charge in [-0.25, -0.2) is 0 Å². The van der Waals surface area contributed by atoms with Gasteiger partial charge in [-0.15, -0.1) is 5.10 Å². The van der Waals surface area contributed by atoms with E-state index in [0.29, 0.717) is 18.0 Å². The van der Waals surface area contributed by atoms with Crippen molar-refractivity contribution in [3.63, 3.8) is 0 Å². The summed E-state index contributed by atoms with van der Waals surface area (Å²) in [4.78, 5) is 12.1. The number of nitrogens with zero attached hydrogens (tertiary/aromatic N) is 2. The lowest BCUT2D eigenvalue weighted by atomic mass is 10.1. The van der Waals surface area contributed by atoms with Crippen molar-refractivity contribution in [2.45, 2.75) is 13.1 Å². The standard InChI is InChI=1S/C11H12N4OS/c12-5-8-1-3-9(4-2-8)6-13-11(16)10-7-14-15-17-10/h1-4,7H,5-6,12H2,(H,13,16). The maximum absolute atomic E-state index is 11.6. The second-order valence-corrected chi connectivity index (χ2v) is 4.27. The number of hydrogen-bond donors (Lipinski definition) is 2. The summed E-state index contributed by atoms with van der Waals surface area (Å²) in [6, 6.07) is 7.81. The Hall–Kier alpha value is -1.79. The first-order chi connectivity index (χ1) is 8.29. The zero-order chi connectivity index (χ0) is 12.1. The molecule has 0 saturated carbocycles. The van der Waals surface area contributed by atoms with Crippen LogP contribution >= 0.6 is 11.5 Å². The maximum Gasteiger partial charge on any atom is 0.264 e. The first kappa shape index (κ1) is 11.7. The van der Waals surface area contributed by atoms with E-state index in [1.165, 1.54) is 6.20 Å². The van der Waals surface area contributed by atoms with E-state index in [4.69, 9.17) is 5.73 Å². The number of aromatic nitrogens is 2. The number of rotatable bonds is 4. The van der Waals surface area contributed by atoms with E-state index < -0.39 is 0 Å². The van der Waals surface area contributed by atoms with Gasteiger partial charge in [0.1, 0.15) is 4.88 Å². The van der Waals surface area contributed by atoms with E-state index in [2.05, 4.69) is 14.9 Å². The molecule has 0 aliphatic rings. The van der Waals surface area contributed by atoms with Crippen LogP contribution in [0.25, 0.3) is 0 Å². The van der Waals surface area contributed by atoms with Gasteiger partial charge >= 0.3 is 0 Å². The molecule has 1 heterocycles. The van der Waals surface area contributed by atoms with Crippen LogP contribution in [0.2, 0.25) is 0 Å². The second kappa shape index (κ2) is 5.51. The van der Waals surface area contributed by atoms with Gasteiger partial charge in [0.2, 0.25) is 0 Å². The molecule has 0 fully saturated rings. The zero-order valence-electron chi connectivity index (χ0n) is 9.09. The molecule has 1 aromatic heterocycles. The number of nitrogens with two attached hydrogens (primary N) is 1. The summed E-state index contributed by atoms with van der Waals surface area (Å²) >= 11 is 1.08. The monoisotopic (exact) mass is 248 g/mol. The summed E-state index contributed by atoms with van der Waals surface area (Å²) in [5.41, 5.74) is 7.61. The highest BCUT2D eigenvalue weighted by Crippen LogP contribution is 2.05. The van der Waals surface area contributed by atoms with Gasteiger partial charge in [-0.3, -0.25) is 4.79 Å². The summed E-state index contributed by atoms with van der Waals surface area (Å²) < 4.78 is 3.64. The number of amides is 1. The summed E-state index contributed by atoms with van der Waals surface area (Å²) in [6.45, 7) is 1.01. The number of benzene rings is 1. The van der Waals surface area contributed by atoms with Crippen molar-refractivity contribution < 1.29 is 4.79 Å². The molecule has 0 aliphatic heterocycles. The molecule has 2 aromatic rings. The molecule has 88 valence electrons. The van der Waals surface area contributed by atoms with Crippen molar-refractivity contribution in [3.05, 3.63) is 46.5 Å². The lowest BCUT2D eigenvalue weighted by molar-refractivity contribution is 0.0955. The largest absolute Gasteiger partial charge is 0.347 e. The van der Waals surface area contributed by atoms with Crippen LogP contribution in [0, 0.1) is 0 Å². The highest BCUT2D eigenvalue weighted by Gasteiger charge is 2.07. The molecule has 1 amide bonds. The molecule has 0 radical (unpaired) electrons. The van der Waals surface area contributed by atoms with E-state index in [1.54, 1.807) is 0 Å². The smallest absolute Gasteiger partial charge is 0.264 e. The number of hydrogen-bond acceptors (Lipinski definition) is 5. The molecule has 2 rings (SSSR count). The summed E-state index contributed by atoms with van der Waals surface area (Å²) in [5.74, 6) is -0.150. The van der Waals surface area contributed by atoms with Gasteiger partial charge in [0, 0.05) is 13.1 Å². The topological polar surface area (TPSA) is 80.9 Å². The minimum absolute atomic E-state index is 0.150. The molecule has 1 aromatic carbocycles. The molecule has 6 heteroatoms. The third-order valence-corrected chi connectivity index (χ3v) is 2.96. The molecular weight excluding hydrogens is 236 g/mol. The molecule has 0 spiro atoms. The SMILES string of the molecule is NCc1ccc(CNC(=O)c2cnns2)cc1.